The third-order valence-corrected chi connectivity index (χ3v) is 9.61. The number of hydrogen-bond donors (Lipinski definition) is 1. The minimum atomic E-state index is -1.18. The van der Waals surface area contributed by atoms with E-state index >= 15 is 4.39 Å². The first-order chi connectivity index (χ1) is 21.7. The Morgan fingerprint density at radius 3 is 2.69 bits per heavy atom. The second-order valence-corrected chi connectivity index (χ2v) is 12.6. The fourth-order valence-electron chi connectivity index (χ4n) is 7.14. The van der Waals surface area contributed by atoms with Gasteiger partial charge in [0.2, 0.25) is 0 Å². The first-order valence-electron chi connectivity index (χ1n) is 15.0. The van der Waals surface area contributed by atoms with Gasteiger partial charge in [-0.05, 0) is 55.0 Å². The van der Waals surface area contributed by atoms with E-state index in [-0.39, 0.29) is 11.1 Å². The number of halogens is 2. The second kappa shape index (κ2) is 10.3. The summed E-state index contributed by atoms with van der Waals surface area (Å²) in [6, 6.07) is 12.2. The van der Waals surface area contributed by atoms with Crippen molar-refractivity contribution >= 4 is 28.6 Å². The SMILES string of the molecule is CCn1cncc1Cn1c(CN2C[C@@H]3C(c4cccc5c4O[C@](C)(c4ccc(Cl)cn4)O5)[C@@H]3C2)nc2c(F)cc(C(=O)O)cc21. The molecule has 2 aromatic carbocycles. The van der Waals surface area contributed by atoms with Gasteiger partial charge in [-0.2, -0.15) is 0 Å². The lowest BCUT2D eigenvalue weighted by Crippen LogP contribution is -2.32. The predicted octanol–water partition coefficient (Wildman–Crippen LogP) is 5.68. The fraction of sp³-hybridized carbons (Fsp3) is 0.333. The van der Waals surface area contributed by atoms with Crippen LogP contribution in [0, 0.1) is 17.7 Å². The molecule has 1 N–H and O–H groups in total. The molecule has 4 atom stereocenters. The zero-order valence-corrected chi connectivity index (χ0v) is 25.4. The van der Waals surface area contributed by atoms with Crippen LogP contribution in [0.1, 0.15) is 52.9 Å². The first kappa shape index (κ1) is 28.0. The molecule has 2 aliphatic heterocycles. The molecule has 5 heterocycles. The zero-order valence-electron chi connectivity index (χ0n) is 24.7. The number of rotatable bonds is 8. The molecule has 10 nitrogen and oxygen atoms in total. The summed E-state index contributed by atoms with van der Waals surface area (Å²) in [5, 5.41) is 10.1. The van der Waals surface area contributed by atoms with Crippen molar-refractivity contribution in [2.75, 3.05) is 13.1 Å². The lowest BCUT2D eigenvalue weighted by Gasteiger charge is -2.23. The van der Waals surface area contributed by atoms with Crippen molar-refractivity contribution in [2.24, 2.45) is 11.8 Å². The Morgan fingerprint density at radius 1 is 1.13 bits per heavy atom. The van der Waals surface area contributed by atoms with Crippen molar-refractivity contribution in [3.05, 3.63) is 100 Å². The fourth-order valence-corrected chi connectivity index (χ4v) is 7.25. The Bertz CT molecular complexity index is 1960. The van der Waals surface area contributed by atoms with Gasteiger partial charge in [0.05, 0.1) is 41.2 Å². The number of aromatic nitrogens is 5. The number of aryl methyl sites for hydroxylation is 1. The molecular weight excluding hydrogens is 599 g/mol. The Balaban J connectivity index is 1.04. The lowest BCUT2D eigenvalue weighted by atomic mass is 10.0. The van der Waals surface area contributed by atoms with Crippen molar-refractivity contribution in [3.63, 3.8) is 0 Å². The van der Waals surface area contributed by atoms with Gasteiger partial charge in [0.15, 0.2) is 17.3 Å². The molecule has 230 valence electrons. The topological polar surface area (TPSA) is 108 Å². The molecule has 1 saturated carbocycles. The van der Waals surface area contributed by atoms with Crippen LogP contribution in [0.4, 0.5) is 4.39 Å². The number of likely N-dealkylation sites (tertiary alicyclic amines) is 1. The molecule has 0 radical (unpaired) electrons. The van der Waals surface area contributed by atoms with Crippen LogP contribution in [0.25, 0.3) is 11.0 Å². The third kappa shape index (κ3) is 4.64. The second-order valence-electron chi connectivity index (χ2n) is 12.1. The average molecular weight is 629 g/mol. The highest BCUT2D eigenvalue weighted by molar-refractivity contribution is 6.30. The van der Waals surface area contributed by atoms with Crippen molar-refractivity contribution in [3.8, 4) is 11.5 Å². The molecule has 12 heteroatoms. The number of carboxylic acid groups (broad SMARTS) is 1. The van der Waals surface area contributed by atoms with Gasteiger partial charge in [-0.1, -0.05) is 23.7 Å². The molecule has 1 saturated heterocycles. The number of carboxylic acids is 1. The summed E-state index contributed by atoms with van der Waals surface area (Å²) >= 11 is 6.05. The number of carbonyl (C=O) groups is 1. The predicted molar refractivity (Wildman–Crippen MR) is 163 cm³/mol. The maximum atomic E-state index is 15.1. The quantitative estimate of drug-likeness (QED) is 0.234. The van der Waals surface area contributed by atoms with E-state index in [0.717, 1.165) is 42.7 Å². The summed E-state index contributed by atoms with van der Waals surface area (Å²) < 4.78 is 31.8. The summed E-state index contributed by atoms with van der Waals surface area (Å²) in [6.45, 7) is 7.26. The van der Waals surface area contributed by atoms with Gasteiger partial charge in [-0.3, -0.25) is 9.88 Å². The van der Waals surface area contributed by atoms with E-state index < -0.39 is 17.6 Å². The Labute approximate surface area is 263 Å². The molecule has 0 amide bonds. The number of pyridine rings is 1. The smallest absolute Gasteiger partial charge is 0.335 e. The zero-order chi connectivity index (χ0) is 31.0. The maximum Gasteiger partial charge on any atom is 0.335 e. The van der Waals surface area contributed by atoms with E-state index in [2.05, 4.69) is 20.9 Å². The monoisotopic (exact) mass is 628 g/mol. The van der Waals surface area contributed by atoms with Gasteiger partial charge in [0.25, 0.3) is 5.79 Å². The lowest BCUT2D eigenvalue weighted by molar-refractivity contribution is -0.0721. The molecule has 5 aromatic rings. The van der Waals surface area contributed by atoms with Gasteiger partial charge in [0, 0.05) is 44.5 Å². The molecule has 3 aromatic heterocycles. The van der Waals surface area contributed by atoms with Crippen LogP contribution in [-0.2, 0) is 25.4 Å². The van der Waals surface area contributed by atoms with Gasteiger partial charge in [-0.15, -0.1) is 0 Å². The molecule has 1 aliphatic carbocycles. The van der Waals surface area contributed by atoms with E-state index in [1.54, 1.807) is 24.8 Å². The van der Waals surface area contributed by atoms with Crippen LogP contribution in [0.5, 0.6) is 11.5 Å². The summed E-state index contributed by atoms with van der Waals surface area (Å²) in [4.78, 5) is 27.5. The highest BCUT2D eigenvalue weighted by atomic mass is 35.5. The maximum absolute atomic E-state index is 15.1. The first-order valence-corrected chi connectivity index (χ1v) is 15.4. The van der Waals surface area contributed by atoms with Crippen LogP contribution in [0.2, 0.25) is 5.02 Å². The molecule has 1 unspecified atom stereocenters. The minimum absolute atomic E-state index is 0.105. The van der Waals surface area contributed by atoms with Gasteiger partial charge < -0.3 is 23.7 Å². The van der Waals surface area contributed by atoms with E-state index in [4.69, 9.17) is 26.1 Å². The van der Waals surface area contributed by atoms with Gasteiger partial charge in [-0.25, -0.2) is 19.2 Å². The van der Waals surface area contributed by atoms with Gasteiger partial charge in [0.1, 0.15) is 17.0 Å². The van der Waals surface area contributed by atoms with Crippen LogP contribution >= 0.6 is 11.6 Å². The van der Waals surface area contributed by atoms with Gasteiger partial charge >= 0.3 is 5.97 Å². The van der Waals surface area contributed by atoms with Crippen molar-refractivity contribution < 1.29 is 23.8 Å². The normalized spacial score (nSPS) is 23.5. The highest BCUT2D eigenvalue weighted by Gasteiger charge is 2.58. The summed E-state index contributed by atoms with van der Waals surface area (Å²) in [6.07, 6.45) is 5.13. The Morgan fingerprint density at radius 2 is 1.96 bits per heavy atom. The largest absolute Gasteiger partial charge is 0.478 e. The number of nitrogens with zero attached hydrogens (tertiary/aromatic N) is 6. The van der Waals surface area contributed by atoms with E-state index in [0.29, 0.717) is 58.7 Å². The molecule has 0 spiro atoms. The number of piperidine rings is 1. The number of hydrogen-bond acceptors (Lipinski definition) is 7. The molecule has 2 fully saturated rings. The number of fused-ring (bicyclic) bond motifs is 3. The van der Waals surface area contributed by atoms with Crippen LogP contribution in [0.3, 0.4) is 0 Å². The summed E-state index contributed by atoms with van der Waals surface area (Å²) in [5.41, 5.74) is 3.26. The minimum Gasteiger partial charge on any atom is -0.478 e. The van der Waals surface area contributed by atoms with Crippen LogP contribution < -0.4 is 9.47 Å². The number of ether oxygens (including phenoxy) is 2. The number of imidazole rings is 2. The van der Waals surface area contributed by atoms with Crippen LogP contribution in [0.15, 0.2) is 61.2 Å². The number of aromatic carboxylic acids is 1. The average Bonchev–Trinajstić information content (AvgIpc) is 3.51. The standard InChI is InChI=1S/C33H30ClFN6O4/c1-3-40-17-36-12-20(40)13-41-25-10-18(32(42)43)9-24(35)30(25)38-28(41)16-39-14-22-23(15-39)29(22)21-5-4-6-26-31(21)45-33(2,44-26)27-8-7-19(34)11-37-27/h4-12,17,22-23,29H,3,13-16H2,1-2H3,(H,42,43)/t22-,23+,29?,33-/m1/s1. The third-order valence-electron chi connectivity index (χ3n) is 9.39. The highest BCUT2D eigenvalue weighted by Crippen LogP contribution is 2.62. The molecule has 0 bridgehead atoms. The number of para-hydroxylation sites is 1. The van der Waals surface area contributed by atoms with E-state index in [1.807, 2.05) is 41.2 Å². The van der Waals surface area contributed by atoms with Crippen LogP contribution in [-0.4, -0.2) is 53.2 Å². The molecular formula is C33H30ClFN6O4. The Kier molecular flexibility index (Phi) is 6.40. The van der Waals surface area contributed by atoms with E-state index in [1.165, 1.54) is 6.07 Å². The van der Waals surface area contributed by atoms with Crippen molar-refractivity contribution in [1.29, 1.82) is 0 Å². The Hall–Kier alpha value is -4.48. The van der Waals surface area contributed by atoms with Crippen molar-refractivity contribution in [1.82, 2.24) is 29.0 Å². The van der Waals surface area contributed by atoms with E-state index in [9.17, 15) is 9.90 Å². The molecule has 8 rings (SSSR count). The molecule has 45 heavy (non-hydrogen) atoms. The molecule has 3 aliphatic rings. The summed E-state index contributed by atoms with van der Waals surface area (Å²) in [7, 11) is 0. The van der Waals surface area contributed by atoms with Crippen molar-refractivity contribution in [2.45, 2.75) is 45.2 Å². The summed E-state index contributed by atoms with van der Waals surface area (Å²) in [5.74, 6) is 0.523. The number of benzene rings is 2.